The lowest BCUT2D eigenvalue weighted by Crippen LogP contribution is -2.34. The Bertz CT molecular complexity index is 986. The molecule has 6 heteroatoms. The second-order valence-electron chi connectivity index (χ2n) is 7.20. The van der Waals surface area contributed by atoms with Crippen molar-refractivity contribution in [2.75, 3.05) is 42.9 Å². The van der Waals surface area contributed by atoms with Gasteiger partial charge in [0.15, 0.2) is 0 Å². The van der Waals surface area contributed by atoms with E-state index >= 15 is 0 Å². The smallest absolute Gasteiger partial charge is 0.326 e. The van der Waals surface area contributed by atoms with Crippen LogP contribution >= 0.6 is 0 Å². The van der Waals surface area contributed by atoms with E-state index in [1.165, 1.54) is 0 Å². The molecule has 0 fully saturated rings. The molecule has 0 aliphatic rings. The molecule has 0 spiro atoms. The van der Waals surface area contributed by atoms with Crippen molar-refractivity contribution in [2.24, 2.45) is 0 Å². The molecule has 2 amide bonds. The maximum absolute atomic E-state index is 13.3. The number of hydrogen-bond donors (Lipinski definition) is 1. The number of nitrogens with one attached hydrogen (secondary N) is 1. The number of carbonyl (C=O) groups is 1. The summed E-state index contributed by atoms with van der Waals surface area (Å²) in [6.45, 7) is 2.95. The quantitative estimate of drug-likeness (QED) is 0.531. The van der Waals surface area contributed by atoms with Crippen LogP contribution in [0.5, 0.6) is 11.5 Å². The van der Waals surface area contributed by atoms with Gasteiger partial charge in [-0.05, 0) is 61.0 Å². The number of hydrogen-bond acceptors (Lipinski definition) is 4. The lowest BCUT2D eigenvalue weighted by Gasteiger charge is -2.24. The summed E-state index contributed by atoms with van der Waals surface area (Å²) in [5.74, 6) is 1.38. The van der Waals surface area contributed by atoms with E-state index in [1.54, 1.807) is 12.0 Å². The zero-order valence-corrected chi connectivity index (χ0v) is 18.5. The third-order valence-corrected chi connectivity index (χ3v) is 4.85. The topological polar surface area (TPSA) is 54.0 Å². The van der Waals surface area contributed by atoms with Crippen LogP contribution in [0.2, 0.25) is 0 Å². The average Bonchev–Trinajstić information content (AvgIpc) is 2.79. The van der Waals surface area contributed by atoms with Gasteiger partial charge in [0.1, 0.15) is 11.5 Å². The van der Waals surface area contributed by atoms with E-state index in [4.69, 9.17) is 9.47 Å². The van der Waals surface area contributed by atoms with Gasteiger partial charge in [0.25, 0.3) is 0 Å². The monoisotopic (exact) mass is 419 g/mol. The summed E-state index contributed by atoms with van der Waals surface area (Å²) in [6.07, 6.45) is 0. The predicted molar refractivity (Wildman–Crippen MR) is 127 cm³/mol. The van der Waals surface area contributed by atoms with E-state index in [1.807, 2.05) is 98.7 Å². The second-order valence-corrected chi connectivity index (χ2v) is 7.20. The fourth-order valence-electron chi connectivity index (χ4n) is 3.18. The van der Waals surface area contributed by atoms with Crippen LogP contribution in [0.15, 0.2) is 72.8 Å². The normalized spacial score (nSPS) is 10.3. The van der Waals surface area contributed by atoms with Gasteiger partial charge in [-0.1, -0.05) is 24.3 Å². The number of methoxy groups -OCH3 is 1. The average molecular weight is 420 g/mol. The minimum absolute atomic E-state index is 0.245. The van der Waals surface area contributed by atoms with E-state index in [-0.39, 0.29) is 6.03 Å². The predicted octanol–water partition coefficient (Wildman–Crippen LogP) is 5.40. The Balaban J connectivity index is 1.88. The van der Waals surface area contributed by atoms with Gasteiger partial charge in [-0.2, -0.15) is 0 Å². The number of benzene rings is 3. The highest BCUT2D eigenvalue weighted by atomic mass is 16.5. The molecule has 3 aromatic rings. The maximum Gasteiger partial charge on any atom is 0.326 e. The molecular formula is C25H29N3O3. The summed E-state index contributed by atoms with van der Waals surface area (Å²) in [5.41, 5.74) is 3.52. The second kappa shape index (κ2) is 10.4. The Labute approximate surface area is 184 Å². The molecule has 3 aromatic carbocycles. The van der Waals surface area contributed by atoms with E-state index < -0.39 is 0 Å². The SMILES string of the molecule is CCOc1ccc(N(Cc2ccc(N(C)C)cc2)C(=O)Nc2ccccc2OC)cc1. The molecule has 0 bridgehead atoms. The maximum atomic E-state index is 13.3. The van der Waals surface area contributed by atoms with Crippen molar-refractivity contribution >= 4 is 23.1 Å². The Hall–Kier alpha value is -3.67. The van der Waals surface area contributed by atoms with Crippen LogP contribution in [0.4, 0.5) is 21.9 Å². The first-order chi connectivity index (χ1) is 15.0. The molecule has 0 unspecified atom stereocenters. The zero-order valence-electron chi connectivity index (χ0n) is 18.5. The summed E-state index contributed by atoms with van der Waals surface area (Å²) in [7, 11) is 5.59. The summed E-state index contributed by atoms with van der Waals surface area (Å²) in [4.78, 5) is 17.0. The van der Waals surface area contributed by atoms with Crippen molar-refractivity contribution in [2.45, 2.75) is 13.5 Å². The molecule has 0 aliphatic carbocycles. The number of anilines is 3. The fourth-order valence-corrected chi connectivity index (χ4v) is 3.18. The molecule has 0 atom stereocenters. The van der Waals surface area contributed by atoms with Gasteiger partial charge in [0, 0.05) is 25.5 Å². The highest BCUT2D eigenvalue weighted by molar-refractivity contribution is 6.02. The van der Waals surface area contributed by atoms with E-state index in [0.717, 1.165) is 22.7 Å². The summed E-state index contributed by atoms with van der Waals surface area (Å²) >= 11 is 0. The van der Waals surface area contributed by atoms with E-state index in [0.29, 0.717) is 24.6 Å². The van der Waals surface area contributed by atoms with Gasteiger partial charge < -0.3 is 19.7 Å². The minimum atomic E-state index is -0.245. The van der Waals surface area contributed by atoms with Crippen molar-refractivity contribution in [1.29, 1.82) is 0 Å². The molecule has 1 N–H and O–H groups in total. The van der Waals surface area contributed by atoms with Crippen molar-refractivity contribution in [3.8, 4) is 11.5 Å². The van der Waals surface area contributed by atoms with Crippen LogP contribution in [0.25, 0.3) is 0 Å². The van der Waals surface area contributed by atoms with E-state index in [9.17, 15) is 4.79 Å². The lowest BCUT2D eigenvalue weighted by atomic mass is 10.1. The van der Waals surface area contributed by atoms with Crippen molar-refractivity contribution in [3.05, 3.63) is 78.4 Å². The molecule has 0 heterocycles. The number of amides is 2. The number of ether oxygens (including phenoxy) is 2. The number of urea groups is 1. The van der Waals surface area contributed by atoms with Crippen molar-refractivity contribution < 1.29 is 14.3 Å². The highest BCUT2D eigenvalue weighted by Crippen LogP contribution is 2.27. The van der Waals surface area contributed by atoms with E-state index in [2.05, 4.69) is 5.32 Å². The molecule has 0 saturated heterocycles. The molecule has 6 nitrogen and oxygen atoms in total. The van der Waals surface area contributed by atoms with Crippen LogP contribution in [0.3, 0.4) is 0 Å². The Morgan fingerprint density at radius 2 is 1.55 bits per heavy atom. The minimum Gasteiger partial charge on any atom is -0.495 e. The van der Waals surface area contributed by atoms with Gasteiger partial charge in [-0.15, -0.1) is 0 Å². The van der Waals surface area contributed by atoms with Gasteiger partial charge in [-0.25, -0.2) is 4.79 Å². The standard InChI is InChI=1S/C25H29N3O3/c1-5-31-22-16-14-21(15-17-22)28(18-19-10-12-20(13-11-19)27(2)3)25(29)26-23-8-6-7-9-24(23)30-4/h6-17H,5,18H2,1-4H3,(H,26,29). The van der Waals surface area contributed by atoms with Crippen molar-refractivity contribution in [3.63, 3.8) is 0 Å². The van der Waals surface area contributed by atoms with Gasteiger partial charge in [-0.3, -0.25) is 4.90 Å². The molecule has 3 rings (SSSR count). The first kappa shape index (κ1) is 22.0. The highest BCUT2D eigenvalue weighted by Gasteiger charge is 2.18. The number of nitrogens with zero attached hydrogens (tertiary/aromatic N) is 2. The van der Waals surface area contributed by atoms with Crippen LogP contribution in [-0.2, 0) is 6.54 Å². The number of carbonyl (C=O) groups excluding carboxylic acids is 1. The molecule has 0 radical (unpaired) electrons. The van der Waals surface area contributed by atoms with Crippen LogP contribution in [-0.4, -0.2) is 33.8 Å². The first-order valence-corrected chi connectivity index (χ1v) is 10.2. The Kier molecular flexibility index (Phi) is 7.38. The summed E-state index contributed by atoms with van der Waals surface area (Å²) < 4.78 is 10.9. The van der Waals surface area contributed by atoms with Gasteiger partial charge in [0.05, 0.1) is 25.9 Å². The first-order valence-electron chi connectivity index (χ1n) is 10.2. The number of para-hydroxylation sites is 2. The van der Waals surface area contributed by atoms with Crippen LogP contribution in [0.1, 0.15) is 12.5 Å². The largest absolute Gasteiger partial charge is 0.495 e. The third kappa shape index (κ3) is 5.69. The third-order valence-electron chi connectivity index (χ3n) is 4.85. The molecule has 162 valence electrons. The molecule has 0 aromatic heterocycles. The van der Waals surface area contributed by atoms with Gasteiger partial charge >= 0.3 is 6.03 Å². The molecule has 0 aliphatic heterocycles. The molecule has 0 saturated carbocycles. The molecule has 31 heavy (non-hydrogen) atoms. The van der Waals surface area contributed by atoms with Crippen LogP contribution < -0.4 is 24.6 Å². The summed E-state index contributed by atoms with van der Waals surface area (Å²) in [6, 6.07) is 22.8. The van der Waals surface area contributed by atoms with Crippen molar-refractivity contribution in [1.82, 2.24) is 0 Å². The lowest BCUT2D eigenvalue weighted by molar-refractivity contribution is 0.256. The Morgan fingerprint density at radius 3 is 2.16 bits per heavy atom. The molecular weight excluding hydrogens is 390 g/mol. The fraction of sp³-hybridized carbons (Fsp3) is 0.240. The Morgan fingerprint density at radius 1 is 0.903 bits per heavy atom. The summed E-state index contributed by atoms with van der Waals surface area (Å²) in [5, 5.41) is 2.97. The van der Waals surface area contributed by atoms with Crippen LogP contribution in [0, 0.1) is 0 Å². The number of rotatable bonds is 8. The van der Waals surface area contributed by atoms with Gasteiger partial charge in [0.2, 0.25) is 0 Å². The zero-order chi connectivity index (χ0) is 22.2.